The van der Waals surface area contributed by atoms with Crippen molar-refractivity contribution in [2.75, 3.05) is 0 Å². The second-order valence-corrected chi connectivity index (χ2v) is 5.88. The fourth-order valence-electron chi connectivity index (χ4n) is 1.98. The smallest absolute Gasteiger partial charge is 0.282 e. The van der Waals surface area contributed by atoms with E-state index in [0.717, 1.165) is 5.56 Å². The lowest BCUT2D eigenvalue weighted by Gasteiger charge is -2.11. The van der Waals surface area contributed by atoms with Crippen molar-refractivity contribution in [3.63, 3.8) is 0 Å². The number of nitro benzene ring substituents is 1. The maximum atomic E-state index is 12.1. The molecule has 2 aromatic rings. The summed E-state index contributed by atoms with van der Waals surface area (Å²) in [4.78, 5) is 34.2. The molecule has 0 aliphatic heterocycles. The van der Waals surface area contributed by atoms with Crippen LogP contribution in [-0.4, -0.2) is 21.9 Å². The molecule has 0 aromatic heterocycles. The average Bonchev–Trinajstić information content (AvgIpc) is 2.62. The Morgan fingerprint density at radius 2 is 1.73 bits per heavy atom. The van der Waals surface area contributed by atoms with Crippen molar-refractivity contribution >= 4 is 46.4 Å². The molecule has 8 nitrogen and oxygen atoms in total. The van der Waals surface area contributed by atoms with Crippen molar-refractivity contribution in [3.8, 4) is 0 Å². The third-order valence-electron chi connectivity index (χ3n) is 3.17. The number of nitrogens with one attached hydrogen (secondary N) is 3. The number of hydrogen-bond donors (Lipinski definition) is 3. The van der Waals surface area contributed by atoms with Gasteiger partial charge in [-0.1, -0.05) is 35.9 Å². The molecule has 3 N–H and O–H groups in total. The van der Waals surface area contributed by atoms with Crippen LogP contribution in [0.2, 0.25) is 5.02 Å². The Bertz CT molecular complexity index is 858. The molecule has 2 amide bonds. The van der Waals surface area contributed by atoms with Crippen LogP contribution in [0, 0.1) is 10.1 Å². The number of nitro groups is 1. The Morgan fingerprint density at radius 1 is 1.08 bits per heavy atom. The number of carbonyl (C=O) groups excluding carboxylic acids is 2. The molecule has 10 heteroatoms. The molecule has 2 aromatic carbocycles. The number of benzene rings is 2. The van der Waals surface area contributed by atoms with Gasteiger partial charge in [0, 0.05) is 11.1 Å². The molecule has 0 bridgehead atoms. The van der Waals surface area contributed by atoms with Crippen molar-refractivity contribution in [2.24, 2.45) is 0 Å². The summed E-state index contributed by atoms with van der Waals surface area (Å²) in [5.41, 5.74) is 4.94. The van der Waals surface area contributed by atoms with Crippen LogP contribution in [0.5, 0.6) is 0 Å². The highest BCUT2D eigenvalue weighted by Crippen LogP contribution is 2.17. The second-order valence-electron chi connectivity index (χ2n) is 5.03. The van der Waals surface area contributed by atoms with E-state index < -0.39 is 16.7 Å². The van der Waals surface area contributed by atoms with E-state index >= 15 is 0 Å². The normalized spacial score (nSPS) is 9.88. The molecular formula is C16H13ClN4O4S. The van der Waals surface area contributed by atoms with Crippen molar-refractivity contribution in [1.82, 2.24) is 16.2 Å². The monoisotopic (exact) mass is 392 g/mol. The van der Waals surface area contributed by atoms with Gasteiger partial charge in [0.1, 0.15) is 5.56 Å². The lowest BCUT2D eigenvalue weighted by molar-refractivity contribution is -0.385. The predicted molar refractivity (Wildman–Crippen MR) is 99.6 cm³/mol. The maximum Gasteiger partial charge on any atom is 0.282 e. The predicted octanol–water partition coefficient (Wildman–Crippen LogP) is 2.13. The highest BCUT2D eigenvalue weighted by Gasteiger charge is 2.19. The first kappa shape index (κ1) is 19.3. The minimum Gasteiger partial charge on any atom is -0.297 e. The van der Waals surface area contributed by atoms with E-state index in [4.69, 9.17) is 23.8 Å². The maximum absolute atomic E-state index is 12.1. The molecule has 0 unspecified atom stereocenters. The highest BCUT2D eigenvalue weighted by molar-refractivity contribution is 7.80. The summed E-state index contributed by atoms with van der Waals surface area (Å²) in [6.07, 6.45) is 0.0743. The number of nitrogens with zero attached hydrogens (tertiary/aromatic N) is 1. The van der Waals surface area contributed by atoms with E-state index in [9.17, 15) is 19.7 Å². The van der Waals surface area contributed by atoms with Gasteiger partial charge in [-0.3, -0.25) is 35.9 Å². The van der Waals surface area contributed by atoms with Gasteiger partial charge >= 0.3 is 0 Å². The number of halogens is 1. The molecule has 0 radical (unpaired) electrons. The first-order valence-electron chi connectivity index (χ1n) is 7.25. The van der Waals surface area contributed by atoms with Crippen LogP contribution >= 0.6 is 23.8 Å². The minimum atomic E-state index is -0.762. The molecule has 2 rings (SSSR count). The van der Waals surface area contributed by atoms with Gasteiger partial charge < -0.3 is 0 Å². The summed E-state index contributed by atoms with van der Waals surface area (Å²) >= 11 is 10.7. The van der Waals surface area contributed by atoms with Crippen molar-refractivity contribution in [1.29, 1.82) is 0 Å². The van der Waals surface area contributed by atoms with E-state index in [1.165, 1.54) is 24.3 Å². The zero-order chi connectivity index (χ0) is 19.1. The quantitative estimate of drug-likeness (QED) is 0.417. The van der Waals surface area contributed by atoms with Gasteiger partial charge in [-0.2, -0.15) is 0 Å². The van der Waals surface area contributed by atoms with E-state index in [1.807, 2.05) is 0 Å². The first-order chi connectivity index (χ1) is 12.4. The number of para-hydroxylation sites is 1. The molecule has 134 valence electrons. The number of carbonyl (C=O) groups is 2. The van der Waals surface area contributed by atoms with E-state index in [-0.39, 0.29) is 22.8 Å². The molecule has 0 fully saturated rings. The van der Waals surface area contributed by atoms with Crippen molar-refractivity contribution < 1.29 is 14.5 Å². The van der Waals surface area contributed by atoms with Gasteiger partial charge in [-0.15, -0.1) is 0 Å². The van der Waals surface area contributed by atoms with Gasteiger partial charge in [-0.05, 0) is 36.0 Å². The molecule has 0 saturated heterocycles. The van der Waals surface area contributed by atoms with Crippen molar-refractivity contribution in [3.05, 3.63) is 74.8 Å². The zero-order valence-electron chi connectivity index (χ0n) is 13.2. The van der Waals surface area contributed by atoms with E-state index in [1.54, 1.807) is 24.3 Å². The van der Waals surface area contributed by atoms with Crippen LogP contribution in [0.25, 0.3) is 0 Å². The average molecular weight is 393 g/mol. The molecule has 0 saturated carbocycles. The molecule has 0 heterocycles. The van der Waals surface area contributed by atoms with E-state index in [0.29, 0.717) is 5.02 Å². The van der Waals surface area contributed by atoms with Gasteiger partial charge in [-0.25, -0.2) is 0 Å². The zero-order valence-corrected chi connectivity index (χ0v) is 14.8. The second kappa shape index (κ2) is 8.88. The van der Waals surface area contributed by atoms with Crippen LogP contribution in [-0.2, 0) is 11.2 Å². The van der Waals surface area contributed by atoms with E-state index in [2.05, 4.69) is 16.2 Å². The molecule has 0 aliphatic carbocycles. The molecular weight excluding hydrogens is 380 g/mol. The number of rotatable bonds is 4. The summed E-state index contributed by atoms with van der Waals surface area (Å²) in [5.74, 6) is -1.16. The fraction of sp³-hybridized carbons (Fsp3) is 0.0625. The number of hydrogen-bond acceptors (Lipinski definition) is 5. The van der Waals surface area contributed by atoms with Crippen LogP contribution in [0.4, 0.5) is 5.69 Å². The van der Waals surface area contributed by atoms with Gasteiger partial charge in [0.25, 0.3) is 11.6 Å². The number of amides is 2. The lowest BCUT2D eigenvalue weighted by atomic mass is 10.1. The first-order valence-corrected chi connectivity index (χ1v) is 8.03. The Balaban J connectivity index is 1.86. The lowest BCUT2D eigenvalue weighted by Crippen LogP contribution is -2.48. The summed E-state index contributed by atoms with van der Waals surface area (Å²) in [6.45, 7) is 0. The van der Waals surface area contributed by atoms with Crippen LogP contribution < -0.4 is 16.2 Å². The summed E-state index contributed by atoms with van der Waals surface area (Å²) < 4.78 is 0. The molecule has 0 aliphatic rings. The van der Waals surface area contributed by atoms with Gasteiger partial charge in [0.15, 0.2) is 5.11 Å². The van der Waals surface area contributed by atoms with Gasteiger partial charge in [0.05, 0.1) is 11.3 Å². The van der Waals surface area contributed by atoms with Crippen LogP contribution in [0.1, 0.15) is 15.9 Å². The molecule has 26 heavy (non-hydrogen) atoms. The SMILES string of the molecule is O=C(Cc1ccc(Cl)cc1)NNC(=S)NC(=O)c1ccccc1[N+](=O)[O-]. The summed E-state index contributed by atoms with van der Waals surface area (Å²) in [7, 11) is 0. The molecule has 0 spiro atoms. The number of thiocarbonyl (C=S) groups is 1. The Labute approximate surface area is 158 Å². The Morgan fingerprint density at radius 3 is 2.38 bits per heavy atom. The third-order valence-corrected chi connectivity index (χ3v) is 3.62. The van der Waals surface area contributed by atoms with Crippen LogP contribution in [0.15, 0.2) is 48.5 Å². The standard InChI is InChI=1S/C16H13ClN4O4S/c17-11-7-5-10(6-8-11)9-14(22)19-20-16(26)18-15(23)12-3-1-2-4-13(12)21(24)25/h1-8H,9H2,(H,19,22)(H2,18,20,23,26). The largest absolute Gasteiger partial charge is 0.297 e. The highest BCUT2D eigenvalue weighted by atomic mass is 35.5. The Hall–Kier alpha value is -3.04. The topological polar surface area (TPSA) is 113 Å². The summed E-state index contributed by atoms with van der Waals surface area (Å²) in [6, 6.07) is 12.2. The van der Waals surface area contributed by atoms with Gasteiger partial charge in [0.2, 0.25) is 5.91 Å². The minimum absolute atomic E-state index is 0.0743. The Kier molecular flexibility index (Phi) is 6.59. The third kappa shape index (κ3) is 5.50. The van der Waals surface area contributed by atoms with Crippen molar-refractivity contribution in [2.45, 2.75) is 6.42 Å². The molecule has 0 atom stereocenters. The summed E-state index contributed by atoms with van der Waals surface area (Å²) in [5, 5.41) is 13.6. The fourth-order valence-corrected chi connectivity index (χ4v) is 2.25. The van der Waals surface area contributed by atoms with Crippen LogP contribution in [0.3, 0.4) is 0 Å². The number of hydrazine groups is 1.